The van der Waals surface area contributed by atoms with E-state index >= 15 is 0 Å². The van der Waals surface area contributed by atoms with Gasteiger partial charge in [-0.05, 0) is 51.7 Å². The molecule has 178 valence electrons. The first kappa shape index (κ1) is 22.9. The summed E-state index contributed by atoms with van der Waals surface area (Å²) in [6, 6.07) is 8.13. The highest BCUT2D eigenvalue weighted by Gasteiger charge is 2.35. The predicted octanol–water partition coefficient (Wildman–Crippen LogP) is 2.74. The van der Waals surface area contributed by atoms with Crippen LogP contribution in [-0.4, -0.2) is 58.5 Å². The number of carbonyl (C=O) groups is 2. The molecule has 9 nitrogen and oxygen atoms in total. The Hall–Kier alpha value is -3.23. The van der Waals surface area contributed by atoms with Gasteiger partial charge in [-0.2, -0.15) is 5.10 Å². The van der Waals surface area contributed by atoms with Crippen LogP contribution in [0.4, 0.5) is 16.3 Å². The van der Waals surface area contributed by atoms with Crippen LogP contribution < -0.4 is 16.4 Å². The Morgan fingerprint density at radius 3 is 2.67 bits per heavy atom. The van der Waals surface area contributed by atoms with Crippen molar-refractivity contribution in [3.8, 4) is 0 Å². The van der Waals surface area contributed by atoms with Crippen molar-refractivity contribution in [1.82, 2.24) is 14.7 Å². The van der Waals surface area contributed by atoms with Gasteiger partial charge >= 0.3 is 6.09 Å². The molecule has 0 aliphatic carbocycles. The highest BCUT2D eigenvalue weighted by molar-refractivity contribution is 5.98. The number of rotatable bonds is 4. The van der Waals surface area contributed by atoms with Crippen molar-refractivity contribution in [1.29, 1.82) is 0 Å². The summed E-state index contributed by atoms with van der Waals surface area (Å²) >= 11 is 0. The lowest BCUT2D eigenvalue weighted by Crippen LogP contribution is -2.41. The van der Waals surface area contributed by atoms with Gasteiger partial charge < -0.3 is 26.0 Å². The van der Waals surface area contributed by atoms with Crippen molar-refractivity contribution in [2.45, 2.75) is 64.1 Å². The molecule has 2 unspecified atom stereocenters. The second-order valence-electron chi connectivity index (χ2n) is 10.1. The third-order valence-corrected chi connectivity index (χ3v) is 6.40. The van der Waals surface area contributed by atoms with Gasteiger partial charge in [0.15, 0.2) is 0 Å². The van der Waals surface area contributed by atoms with Crippen LogP contribution >= 0.6 is 0 Å². The third-order valence-electron chi connectivity index (χ3n) is 6.40. The van der Waals surface area contributed by atoms with E-state index in [9.17, 15) is 9.59 Å². The maximum atomic E-state index is 12.7. The van der Waals surface area contributed by atoms with E-state index in [1.165, 1.54) is 11.3 Å². The Bertz CT molecular complexity index is 1060. The summed E-state index contributed by atoms with van der Waals surface area (Å²) < 4.78 is 7.22. The highest BCUT2D eigenvalue weighted by atomic mass is 16.6. The molecular weight excluding hydrogens is 420 g/mol. The van der Waals surface area contributed by atoms with Crippen molar-refractivity contribution in [2.24, 2.45) is 5.73 Å². The van der Waals surface area contributed by atoms with Gasteiger partial charge in [0.05, 0.1) is 18.3 Å². The second kappa shape index (κ2) is 8.61. The van der Waals surface area contributed by atoms with Crippen LogP contribution in [0.2, 0.25) is 0 Å². The summed E-state index contributed by atoms with van der Waals surface area (Å²) in [5.41, 5.74) is 14.9. The molecule has 0 spiro atoms. The molecule has 1 aromatic heterocycles. The van der Waals surface area contributed by atoms with Gasteiger partial charge in [-0.3, -0.25) is 4.79 Å². The molecule has 2 aromatic rings. The molecule has 1 fully saturated rings. The average Bonchev–Trinajstić information content (AvgIpc) is 3.32. The van der Waals surface area contributed by atoms with E-state index in [2.05, 4.69) is 17.0 Å². The van der Waals surface area contributed by atoms with Gasteiger partial charge in [-0.1, -0.05) is 18.2 Å². The Morgan fingerprint density at radius 1 is 1.24 bits per heavy atom. The monoisotopic (exact) mass is 454 g/mol. The Labute approximate surface area is 194 Å². The lowest BCUT2D eigenvalue weighted by molar-refractivity contribution is 0.0212. The zero-order valence-electron chi connectivity index (χ0n) is 19.9. The number of benzene rings is 1. The van der Waals surface area contributed by atoms with Crippen molar-refractivity contribution in [3.63, 3.8) is 0 Å². The van der Waals surface area contributed by atoms with Crippen LogP contribution in [-0.2, 0) is 17.7 Å². The van der Waals surface area contributed by atoms with Crippen LogP contribution in [0.3, 0.4) is 0 Å². The molecule has 9 heteroatoms. The predicted molar refractivity (Wildman–Crippen MR) is 127 cm³/mol. The summed E-state index contributed by atoms with van der Waals surface area (Å²) in [5.74, 6) is -0.331. The van der Waals surface area contributed by atoms with Crippen LogP contribution in [0.1, 0.15) is 61.1 Å². The topological polar surface area (TPSA) is 120 Å². The highest BCUT2D eigenvalue weighted by Crippen LogP contribution is 2.36. The van der Waals surface area contributed by atoms with Gasteiger partial charge in [0.1, 0.15) is 17.0 Å². The first-order chi connectivity index (χ1) is 15.5. The van der Waals surface area contributed by atoms with Crippen molar-refractivity contribution >= 4 is 23.5 Å². The fourth-order valence-electron chi connectivity index (χ4n) is 4.96. The Balaban J connectivity index is 1.60. The van der Waals surface area contributed by atoms with Gasteiger partial charge in [0.25, 0.3) is 5.91 Å². The number of amides is 2. The number of ether oxygens (including phenoxy) is 1. The van der Waals surface area contributed by atoms with Crippen molar-refractivity contribution in [2.75, 3.05) is 30.8 Å². The summed E-state index contributed by atoms with van der Waals surface area (Å²) in [5, 5.41) is 4.78. The second-order valence-corrected chi connectivity index (χ2v) is 10.1. The summed E-state index contributed by atoms with van der Waals surface area (Å²) in [7, 11) is 2.03. The minimum Gasteiger partial charge on any atom is -0.444 e. The molecule has 4 rings (SSSR count). The fraction of sp³-hybridized carbons (Fsp3) is 0.542. The number of anilines is 2. The zero-order chi connectivity index (χ0) is 23.9. The van der Waals surface area contributed by atoms with E-state index in [1.54, 1.807) is 9.58 Å². The van der Waals surface area contributed by atoms with Crippen LogP contribution in [0, 0.1) is 0 Å². The number of nitrogens with two attached hydrogens (primary N) is 2. The molecule has 0 radical (unpaired) electrons. The molecule has 2 amide bonds. The average molecular weight is 455 g/mol. The molecule has 3 heterocycles. The summed E-state index contributed by atoms with van der Waals surface area (Å²) in [4.78, 5) is 29.0. The van der Waals surface area contributed by atoms with Gasteiger partial charge in [0, 0.05) is 31.7 Å². The number of likely N-dealkylation sites (N-methyl/N-ethyl adjacent to an activating group) is 1. The van der Waals surface area contributed by atoms with Gasteiger partial charge in [0.2, 0.25) is 0 Å². The van der Waals surface area contributed by atoms with Crippen molar-refractivity contribution in [3.05, 3.63) is 41.1 Å². The molecule has 4 N–H and O–H groups in total. The number of hydrogen-bond acceptors (Lipinski definition) is 6. The molecular formula is C24H34N6O3. The first-order valence-corrected chi connectivity index (χ1v) is 11.5. The zero-order valence-corrected chi connectivity index (χ0v) is 19.9. The lowest BCUT2D eigenvalue weighted by atomic mass is 9.88. The lowest BCUT2D eigenvalue weighted by Gasteiger charge is -2.33. The Morgan fingerprint density at radius 2 is 1.97 bits per heavy atom. The van der Waals surface area contributed by atoms with Crippen molar-refractivity contribution < 1.29 is 14.3 Å². The number of para-hydroxylation sites is 1. The first-order valence-electron chi connectivity index (χ1n) is 11.5. The number of nitrogens with zero attached hydrogens (tertiary/aromatic N) is 4. The van der Waals surface area contributed by atoms with Crippen LogP contribution in [0.5, 0.6) is 0 Å². The third kappa shape index (κ3) is 4.62. The quantitative estimate of drug-likeness (QED) is 0.733. The number of nitrogen functional groups attached to an aromatic ring is 1. The van der Waals surface area contributed by atoms with Crippen LogP contribution in [0.15, 0.2) is 24.3 Å². The van der Waals surface area contributed by atoms with E-state index in [-0.39, 0.29) is 29.4 Å². The SMILES string of the molecule is CN1CC(c2nn(CC3CCCN3C(=O)OC(C)(C)C)c(N)c2C(N)=O)Cc2ccccc21. The minimum atomic E-state index is -0.578. The molecule has 1 saturated heterocycles. The van der Waals surface area contributed by atoms with E-state index in [1.807, 2.05) is 40.0 Å². The maximum Gasteiger partial charge on any atom is 0.410 e. The number of aromatic nitrogens is 2. The van der Waals surface area contributed by atoms with E-state index in [0.717, 1.165) is 19.3 Å². The maximum absolute atomic E-state index is 12.7. The molecule has 2 aliphatic heterocycles. The Kier molecular flexibility index (Phi) is 5.99. The van der Waals surface area contributed by atoms with Gasteiger partial charge in [-0.25, -0.2) is 9.48 Å². The van der Waals surface area contributed by atoms with Crippen LogP contribution in [0.25, 0.3) is 0 Å². The molecule has 2 aliphatic rings. The molecule has 33 heavy (non-hydrogen) atoms. The number of fused-ring (bicyclic) bond motifs is 1. The van der Waals surface area contributed by atoms with E-state index < -0.39 is 11.5 Å². The summed E-state index contributed by atoms with van der Waals surface area (Å²) in [6.07, 6.45) is 2.12. The minimum absolute atomic E-state index is 0.0125. The van der Waals surface area contributed by atoms with E-state index in [4.69, 9.17) is 21.3 Å². The smallest absolute Gasteiger partial charge is 0.410 e. The number of carbonyl (C=O) groups excluding carboxylic acids is 2. The number of likely N-dealkylation sites (tertiary alicyclic amines) is 1. The molecule has 2 atom stereocenters. The molecule has 1 aromatic carbocycles. The summed E-state index contributed by atoms with van der Waals surface area (Å²) in [6.45, 7) is 7.29. The number of hydrogen-bond donors (Lipinski definition) is 2. The number of primary amides is 1. The molecule has 0 bridgehead atoms. The van der Waals surface area contributed by atoms with Gasteiger partial charge in [-0.15, -0.1) is 0 Å². The fourth-order valence-corrected chi connectivity index (χ4v) is 4.96. The van der Waals surface area contributed by atoms with E-state index in [0.29, 0.717) is 25.3 Å². The molecule has 0 saturated carbocycles. The standard InChI is InChI=1S/C24H34N6O3/c1-24(2,3)33-23(32)29-11-7-9-17(29)14-30-21(25)19(22(26)31)20(27-30)16-12-15-8-5-6-10-18(15)28(4)13-16/h5-6,8,10,16-17H,7,9,11-14,25H2,1-4H3,(H2,26,31). The largest absolute Gasteiger partial charge is 0.444 e. The normalized spacial score (nSPS) is 20.6.